The number of carbonyl (C=O) groups is 2. The molecule has 1 aromatic rings. The molecule has 1 aliphatic rings. The summed E-state index contributed by atoms with van der Waals surface area (Å²) < 4.78 is 0. The molecule has 0 aromatic heterocycles. The van der Waals surface area contributed by atoms with Gasteiger partial charge < -0.3 is 15.7 Å². The van der Waals surface area contributed by atoms with Gasteiger partial charge in [0.15, 0.2) is 0 Å². The zero-order valence-corrected chi connectivity index (χ0v) is 7.91. The van der Waals surface area contributed by atoms with E-state index >= 15 is 0 Å². The van der Waals surface area contributed by atoms with E-state index in [9.17, 15) is 9.59 Å². The average molecular weight is 206 g/mol. The van der Waals surface area contributed by atoms with Crippen molar-refractivity contribution in [2.45, 2.75) is 6.42 Å². The molecule has 0 saturated heterocycles. The Morgan fingerprint density at radius 3 is 3.07 bits per heavy atom. The molecular formula is C10H10N2O3. The van der Waals surface area contributed by atoms with Crippen LogP contribution in [0.1, 0.15) is 5.56 Å². The standard InChI is InChI=1S/C10H10N2O3/c13-9-4-6-3-7(11-5-10(14)15)1-2-8(6)12-9/h1-3,11H,4-5H2,(H,12,13)(H,14,15). The van der Waals surface area contributed by atoms with Crippen molar-refractivity contribution in [3.63, 3.8) is 0 Å². The SMILES string of the molecule is O=C(O)CNc1ccc2c(c1)CC(=O)N2. The molecule has 1 heterocycles. The number of aliphatic carboxylic acids is 1. The maximum Gasteiger partial charge on any atom is 0.322 e. The van der Waals surface area contributed by atoms with E-state index in [1.165, 1.54) is 0 Å². The third-order valence-corrected chi connectivity index (χ3v) is 2.17. The molecule has 78 valence electrons. The van der Waals surface area contributed by atoms with Crippen molar-refractivity contribution in [3.8, 4) is 0 Å². The lowest BCUT2D eigenvalue weighted by Crippen LogP contribution is -2.12. The minimum atomic E-state index is -0.912. The molecule has 1 aromatic carbocycles. The highest BCUT2D eigenvalue weighted by Gasteiger charge is 2.17. The lowest BCUT2D eigenvalue weighted by molar-refractivity contribution is -0.135. The van der Waals surface area contributed by atoms with Gasteiger partial charge in [0.25, 0.3) is 0 Å². The Balaban J connectivity index is 2.13. The predicted octanol–water partition coefficient (Wildman–Crippen LogP) is 0.678. The van der Waals surface area contributed by atoms with Crippen LogP contribution in [0.25, 0.3) is 0 Å². The lowest BCUT2D eigenvalue weighted by Gasteiger charge is -2.05. The van der Waals surface area contributed by atoms with E-state index < -0.39 is 5.97 Å². The summed E-state index contributed by atoms with van der Waals surface area (Å²) in [5.41, 5.74) is 2.42. The van der Waals surface area contributed by atoms with Crippen molar-refractivity contribution in [2.24, 2.45) is 0 Å². The monoisotopic (exact) mass is 206 g/mol. The van der Waals surface area contributed by atoms with Gasteiger partial charge in [0, 0.05) is 11.4 Å². The van der Waals surface area contributed by atoms with Crippen molar-refractivity contribution in [1.82, 2.24) is 0 Å². The molecule has 0 bridgehead atoms. The van der Waals surface area contributed by atoms with Crippen LogP contribution in [-0.4, -0.2) is 23.5 Å². The van der Waals surface area contributed by atoms with Crippen LogP contribution in [-0.2, 0) is 16.0 Å². The molecule has 1 aliphatic heterocycles. The molecule has 15 heavy (non-hydrogen) atoms. The molecule has 0 unspecified atom stereocenters. The van der Waals surface area contributed by atoms with Gasteiger partial charge in [-0.1, -0.05) is 0 Å². The molecule has 0 atom stereocenters. The Bertz CT molecular complexity index is 429. The van der Waals surface area contributed by atoms with Gasteiger partial charge >= 0.3 is 5.97 Å². The molecule has 5 nitrogen and oxygen atoms in total. The number of fused-ring (bicyclic) bond motifs is 1. The maximum absolute atomic E-state index is 11.1. The number of nitrogens with one attached hydrogen (secondary N) is 2. The maximum atomic E-state index is 11.1. The predicted molar refractivity (Wildman–Crippen MR) is 54.9 cm³/mol. The molecule has 0 fully saturated rings. The summed E-state index contributed by atoms with van der Waals surface area (Å²) in [4.78, 5) is 21.4. The molecule has 1 amide bonds. The molecule has 0 spiro atoms. The molecule has 0 radical (unpaired) electrons. The second-order valence-corrected chi connectivity index (χ2v) is 3.34. The number of carbonyl (C=O) groups excluding carboxylic acids is 1. The highest BCUT2D eigenvalue weighted by atomic mass is 16.4. The molecular weight excluding hydrogens is 196 g/mol. The zero-order chi connectivity index (χ0) is 10.8. The number of benzene rings is 1. The van der Waals surface area contributed by atoms with Gasteiger partial charge in [0.05, 0.1) is 6.42 Å². The van der Waals surface area contributed by atoms with E-state index in [2.05, 4.69) is 10.6 Å². The number of amides is 1. The van der Waals surface area contributed by atoms with Crippen molar-refractivity contribution >= 4 is 23.3 Å². The second-order valence-electron chi connectivity index (χ2n) is 3.34. The third kappa shape index (κ3) is 2.07. The van der Waals surface area contributed by atoms with Crippen LogP contribution in [0.5, 0.6) is 0 Å². The van der Waals surface area contributed by atoms with Crippen LogP contribution < -0.4 is 10.6 Å². The normalized spacial score (nSPS) is 13.2. The number of carboxylic acids is 1. The van der Waals surface area contributed by atoms with E-state index in [-0.39, 0.29) is 12.5 Å². The van der Waals surface area contributed by atoms with E-state index in [1.54, 1.807) is 18.2 Å². The summed E-state index contributed by atoms with van der Waals surface area (Å²) in [5.74, 6) is -0.940. The summed E-state index contributed by atoms with van der Waals surface area (Å²) in [7, 11) is 0. The summed E-state index contributed by atoms with van der Waals surface area (Å²) >= 11 is 0. The van der Waals surface area contributed by atoms with Gasteiger partial charge in [0.2, 0.25) is 5.91 Å². The number of hydrogen-bond acceptors (Lipinski definition) is 3. The van der Waals surface area contributed by atoms with Gasteiger partial charge in [0.1, 0.15) is 6.54 Å². The first-order chi connectivity index (χ1) is 7.15. The molecule has 5 heteroatoms. The first-order valence-corrected chi connectivity index (χ1v) is 4.53. The number of hydrogen-bond donors (Lipinski definition) is 3. The lowest BCUT2D eigenvalue weighted by atomic mass is 10.1. The van der Waals surface area contributed by atoms with E-state index in [0.717, 1.165) is 11.3 Å². The highest BCUT2D eigenvalue weighted by Crippen LogP contribution is 2.25. The Morgan fingerprint density at radius 1 is 1.53 bits per heavy atom. The average Bonchev–Trinajstić information content (AvgIpc) is 2.53. The number of rotatable bonds is 3. The Kier molecular flexibility index (Phi) is 2.29. The van der Waals surface area contributed by atoms with Gasteiger partial charge in [-0.3, -0.25) is 9.59 Å². The highest BCUT2D eigenvalue weighted by molar-refractivity contribution is 5.99. The van der Waals surface area contributed by atoms with Gasteiger partial charge in [-0.05, 0) is 23.8 Å². The summed E-state index contributed by atoms with van der Waals surface area (Å²) in [6, 6.07) is 5.30. The Labute approximate surface area is 86.1 Å². The fourth-order valence-electron chi connectivity index (χ4n) is 1.52. The van der Waals surface area contributed by atoms with Crippen LogP contribution in [0.4, 0.5) is 11.4 Å². The van der Waals surface area contributed by atoms with Crippen molar-refractivity contribution < 1.29 is 14.7 Å². The van der Waals surface area contributed by atoms with Crippen LogP contribution in [0.15, 0.2) is 18.2 Å². The smallest absolute Gasteiger partial charge is 0.322 e. The van der Waals surface area contributed by atoms with Gasteiger partial charge in [-0.15, -0.1) is 0 Å². The Morgan fingerprint density at radius 2 is 2.33 bits per heavy atom. The first kappa shape index (κ1) is 9.51. The molecule has 0 aliphatic carbocycles. The second kappa shape index (κ2) is 3.61. The molecule has 0 saturated carbocycles. The van der Waals surface area contributed by atoms with E-state index in [4.69, 9.17) is 5.11 Å². The van der Waals surface area contributed by atoms with Crippen LogP contribution in [0, 0.1) is 0 Å². The molecule has 2 rings (SSSR count). The van der Waals surface area contributed by atoms with Crippen molar-refractivity contribution in [3.05, 3.63) is 23.8 Å². The molecule has 3 N–H and O–H groups in total. The van der Waals surface area contributed by atoms with Crippen LogP contribution in [0.3, 0.4) is 0 Å². The number of anilines is 2. The fourth-order valence-corrected chi connectivity index (χ4v) is 1.52. The third-order valence-electron chi connectivity index (χ3n) is 2.17. The quantitative estimate of drug-likeness (QED) is 0.679. The largest absolute Gasteiger partial charge is 0.480 e. The minimum Gasteiger partial charge on any atom is -0.480 e. The van der Waals surface area contributed by atoms with Crippen LogP contribution in [0.2, 0.25) is 0 Å². The van der Waals surface area contributed by atoms with E-state index in [1.807, 2.05) is 0 Å². The summed E-state index contributed by atoms with van der Waals surface area (Å²) in [6.07, 6.45) is 0.359. The zero-order valence-electron chi connectivity index (χ0n) is 7.91. The van der Waals surface area contributed by atoms with E-state index in [0.29, 0.717) is 12.1 Å². The van der Waals surface area contributed by atoms with Gasteiger partial charge in [-0.25, -0.2) is 0 Å². The van der Waals surface area contributed by atoms with Crippen LogP contribution >= 0.6 is 0 Å². The van der Waals surface area contributed by atoms with Crippen molar-refractivity contribution in [2.75, 3.05) is 17.2 Å². The van der Waals surface area contributed by atoms with Crippen molar-refractivity contribution in [1.29, 1.82) is 0 Å². The topological polar surface area (TPSA) is 78.4 Å². The summed E-state index contributed by atoms with van der Waals surface area (Å²) in [5, 5.41) is 13.9. The van der Waals surface area contributed by atoms with Gasteiger partial charge in [-0.2, -0.15) is 0 Å². The first-order valence-electron chi connectivity index (χ1n) is 4.53. The minimum absolute atomic E-state index is 0.0274. The summed E-state index contributed by atoms with van der Waals surface area (Å²) in [6.45, 7) is -0.125. The Hall–Kier alpha value is -2.04. The number of carboxylic acid groups (broad SMARTS) is 1. The fraction of sp³-hybridized carbons (Fsp3) is 0.200.